The third-order valence-electron chi connectivity index (χ3n) is 3.22. The predicted molar refractivity (Wildman–Crippen MR) is 67.1 cm³/mol. The Hall–Kier alpha value is -1.35. The van der Waals surface area contributed by atoms with Crippen LogP contribution in [0.2, 0.25) is 0 Å². The van der Waals surface area contributed by atoms with Gasteiger partial charge in [-0.2, -0.15) is 0 Å². The first kappa shape index (κ1) is 12.1. The van der Waals surface area contributed by atoms with Crippen LogP contribution < -0.4 is 0 Å². The van der Waals surface area contributed by atoms with Crippen molar-refractivity contribution in [2.45, 2.75) is 19.3 Å². The number of hydrogen-bond acceptors (Lipinski definition) is 2. The summed E-state index contributed by atoms with van der Waals surface area (Å²) in [6, 6.07) is 7.20. The first-order valence-corrected chi connectivity index (χ1v) is 6.12. The van der Waals surface area contributed by atoms with Crippen LogP contribution in [0, 0.1) is 6.42 Å². The zero-order valence-electron chi connectivity index (χ0n) is 9.93. The van der Waals surface area contributed by atoms with Gasteiger partial charge in [0.2, 0.25) is 0 Å². The highest BCUT2D eigenvalue weighted by atomic mass is 16.4. The van der Waals surface area contributed by atoms with Crippen molar-refractivity contribution in [3.63, 3.8) is 0 Å². The van der Waals surface area contributed by atoms with E-state index in [2.05, 4.69) is 11.3 Å². The van der Waals surface area contributed by atoms with E-state index >= 15 is 0 Å². The largest absolute Gasteiger partial charge is 0.478 e. The van der Waals surface area contributed by atoms with Crippen molar-refractivity contribution in [1.82, 2.24) is 4.90 Å². The van der Waals surface area contributed by atoms with Gasteiger partial charge >= 0.3 is 5.97 Å². The van der Waals surface area contributed by atoms with E-state index in [9.17, 15) is 4.79 Å². The minimum Gasteiger partial charge on any atom is -0.478 e. The van der Waals surface area contributed by atoms with E-state index in [0.717, 1.165) is 26.1 Å². The summed E-state index contributed by atoms with van der Waals surface area (Å²) in [5.41, 5.74) is 1.57. The number of nitrogens with zero attached hydrogens (tertiary/aromatic N) is 1. The molecule has 1 fully saturated rings. The SMILES string of the molecule is O=C(O)c1ccc(CCN2CC[CH]CC2)cc1. The van der Waals surface area contributed by atoms with Crippen molar-refractivity contribution in [3.05, 3.63) is 41.8 Å². The number of carbonyl (C=O) groups is 1. The number of hydrogen-bond donors (Lipinski definition) is 1. The molecule has 1 aliphatic rings. The number of likely N-dealkylation sites (tertiary alicyclic amines) is 1. The Balaban J connectivity index is 1.84. The van der Waals surface area contributed by atoms with Gasteiger partial charge in [0.15, 0.2) is 0 Å². The minimum absolute atomic E-state index is 0.362. The number of carboxylic acids is 1. The maximum Gasteiger partial charge on any atom is 0.335 e. The lowest BCUT2D eigenvalue weighted by atomic mass is 10.1. The summed E-state index contributed by atoms with van der Waals surface area (Å²) in [5, 5.41) is 8.80. The number of piperidine rings is 1. The molecule has 3 nitrogen and oxygen atoms in total. The average Bonchev–Trinajstić information content (AvgIpc) is 2.38. The lowest BCUT2D eigenvalue weighted by Crippen LogP contribution is -2.31. The summed E-state index contributed by atoms with van der Waals surface area (Å²) in [6.07, 6.45) is 5.73. The number of rotatable bonds is 4. The molecule has 1 radical (unpaired) electrons. The van der Waals surface area contributed by atoms with Crippen molar-refractivity contribution >= 4 is 5.97 Å². The Bertz CT molecular complexity index is 366. The van der Waals surface area contributed by atoms with E-state index in [1.54, 1.807) is 12.1 Å². The molecule has 1 N–H and O–H groups in total. The molecule has 1 heterocycles. The molecule has 1 aromatic carbocycles. The normalized spacial score (nSPS) is 16.9. The molecule has 0 unspecified atom stereocenters. The summed E-state index contributed by atoms with van der Waals surface area (Å²) in [6.45, 7) is 3.39. The quantitative estimate of drug-likeness (QED) is 0.865. The van der Waals surface area contributed by atoms with Gasteiger partial charge in [0, 0.05) is 6.54 Å². The molecule has 1 aromatic rings. The maximum atomic E-state index is 10.7. The number of carboxylic acid groups (broad SMARTS) is 1. The van der Waals surface area contributed by atoms with E-state index < -0.39 is 5.97 Å². The molecule has 2 rings (SSSR count). The van der Waals surface area contributed by atoms with E-state index in [4.69, 9.17) is 5.11 Å². The lowest BCUT2D eigenvalue weighted by molar-refractivity contribution is 0.0697. The number of benzene rings is 1. The number of aromatic carboxylic acids is 1. The second-order valence-corrected chi connectivity index (χ2v) is 4.46. The van der Waals surface area contributed by atoms with E-state index in [-0.39, 0.29) is 0 Å². The Morgan fingerprint density at radius 2 is 1.82 bits per heavy atom. The summed E-state index contributed by atoms with van der Waals surface area (Å²) < 4.78 is 0. The van der Waals surface area contributed by atoms with Crippen molar-refractivity contribution in [2.75, 3.05) is 19.6 Å². The van der Waals surface area contributed by atoms with Crippen LogP contribution in [-0.4, -0.2) is 35.6 Å². The van der Waals surface area contributed by atoms with Crippen LogP contribution in [0.4, 0.5) is 0 Å². The van der Waals surface area contributed by atoms with E-state index in [1.165, 1.54) is 18.4 Å². The van der Waals surface area contributed by atoms with Crippen LogP contribution in [0.5, 0.6) is 0 Å². The van der Waals surface area contributed by atoms with Gasteiger partial charge in [-0.1, -0.05) is 12.1 Å². The van der Waals surface area contributed by atoms with Gasteiger partial charge in [0.25, 0.3) is 0 Å². The molecule has 0 aliphatic carbocycles. The standard InChI is InChI=1S/C14H18NO2/c16-14(17)13-6-4-12(5-7-13)8-11-15-9-2-1-3-10-15/h1,4-7H,2-3,8-11H2,(H,16,17). The second-order valence-electron chi connectivity index (χ2n) is 4.46. The Labute approximate surface area is 102 Å². The second kappa shape index (κ2) is 5.82. The Kier molecular flexibility index (Phi) is 4.15. The molecule has 17 heavy (non-hydrogen) atoms. The van der Waals surface area contributed by atoms with Crippen LogP contribution in [0.3, 0.4) is 0 Å². The van der Waals surface area contributed by atoms with Gasteiger partial charge in [0.1, 0.15) is 0 Å². The fraction of sp³-hybridized carbons (Fsp3) is 0.429. The van der Waals surface area contributed by atoms with Gasteiger partial charge in [-0.25, -0.2) is 4.79 Å². The molecule has 0 atom stereocenters. The molecule has 0 bridgehead atoms. The summed E-state index contributed by atoms with van der Waals surface area (Å²) in [7, 11) is 0. The highest BCUT2D eigenvalue weighted by molar-refractivity contribution is 5.87. The van der Waals surface area contributed by atoms with E-state index in [0.29, 0.717) is 5.56 Å². The van der Waals surface area contributed by atoms with Crippen LogP contribution in [0.1, 0.15) is 28.8 Å². The van der Waals surface area contributed by atoms with Crippen molar-refractivity contribution < 1.29 is 9.90 Å². The van der Waals surface area contributed by atoms with Gasteiger partial charge in [-0.15, -0.1) is 0 Å². The summed E-state index contributed by atoms with van der Waals surface area (Å²) >= 11 is 0. The molecule has 1 saturated heterocycles. The maximum absolute atomic E-state index is 10.7. The van der Waals surface area contributed by atoms with Gasteiger partial charge < -0.3 is 10.0 Å². The third kappa shape index (κ3) is 3.56. The van der Waals surface area contributed by atoms with Gasteiger partial charge in [0.05, 0.1) is 5.56 Å². The Morgan fingerprint density at radius 3 is 2.41 bits per heavy atom. The fourth-order valence-electron chi connectivity index (χ4n) is 2.13. The van der Waals surface area contributed by atoms with Gasteiger partial charge in [-0.3, -0.25) is 0 Å². The minimum atomic E-state index is -0.858. The summed E-state index contributed by atoms with van der Waals surface area (Å²) in [5.74, 6) is -0.858. The van der Waals surface area contributed by atoms with Crippen LogP contribution in [-0.2, 0) is 6.42 Å². The average molecular weight is 232 g/mol. The molecular weight excluding hydrogens is 214 g/mol. The molecule has 0 aromatic heterocycles. The van der Waals surface area contributed by atoms with Gasteiger partial charge in [-0.05, 0) is 56.5 Å². The van der Waals surface area contributed by atoms with Crippen molar-refractivity contribution in [3.8, 4) is 0 Å². The zero-order valence-corrected chi connectivity index (χ0v) is 9.93. The lowest BCUT2D eigenvalue weighted by Gasteiger charge is -2.26. The Morgan fingerprint density at radius 1 is 1.18 bits per heavy atom. The zero-order chi connectivity index (χ0) is 12.1. The monoisotopic (exact) mass is 232 g/mol. The third-order valence-corrected chi connectivity index (χ3v) is 3.22. The highest BCUT2D eigenvalue weighted by Gasteiger charge is 2.09. The molecule has 1 aliphatic heterocycles. The highest BCUT2D eigenvalue weighted by Crippen LogP contribution is 2.10. The topological polar surface area (TPSA) is 40.5 Å². The molecule has 0 amide bonds. The molecular formula is C14H18NO2. The molecule has 91 valence electrons. The summed E-state index contributed by atoms with van der Waals surface area (Å²) in [4.78, 5) is 13.2. The molecule has 0 saturated carbocycles. The smallest absolute Gasteiger partial charge is 0.335 e. The van der Waals surface area contributed by atoms with Crippen molar-refractivity contribution in [2.24, 2.45) is 0 Å². The molecule has 0 spiro atoms. The van der Waals surface area contributed by atoms with Crippen LogP contribution >= 0.6 is 0 Å². The first-order valence-electron chi connectivity index (χ1n) is 6.12. The first-order chi connectivity index (χ1) is 8.25. The fourth-order valence-corrected chi connectivity index (χ4v) is 2.13. The predicted octanol–water partition coefficient (Wildman–Crippen LogP) is 2.23. The van der Waals surface area contributed by atoms with E-state index in [1.807, 2.05) is 12.1 Å². The van der Waals surface area contributed by atoms with Crippen molar-refractivity contribution in [1.29, 1.82) is 0 Å². The van der Waals surface area contributed by atoms with Crippen LogP contribution in [0.25, 0.3) is 0 Å². The molecule has 3 heteroatoms. The van der Waals surface area contributed by atoms with Crippen LogP contribution in [0.15, 0.2) is 24.3 Å².